The van der Waals surface area contributed by atoms with E-state index >= 15 is 0 Å². The highest BCUT2D eigenvalue weighted by atomic mass is 79.9. The maximum absolute atomic E-state index is 12.9. The zero-order chi connectivity index (χ0) is 22.6. The average Bonchev–Trinajstić information content (AvgIpc) is 3.09. The zero-order valence-corrected chi connectivity index (χ0v) is 21.1. The smallest absolute Gasteiger partial charge is 0.279 e. The summed E-state index contributed by atoms with van der Waals surface area (Å²) in [4.78, 5) is 17.9. The van der Waals surface area contributed by atoms with Crippen molar-refractivity contribution >= 4 is 53.4 Å². The molecule has 0 aliphatic rings. The van der Waals surface area contributed by atoms with Crippen LogP contribution >= 0.6 is 27.3 Å². The van der Waals surface area contributed by atoms with Crippen LogP contribution in [-0.2, 0) is 16.6 Å². The third-order valence-electron chi connectivity index (χ3n) is 5.01. The number of aryl methyl sites for hydroxylation is 1. The highest BCUT2D eigenvalue weighted by molar-refractivity contribution is 9.10. The fourth-order valence-corrected chi connectivity index (χ4v) is 6.42. The normalized spacial score (nSPS) is 12.7. The third-order valence-corrected chi connectivity index (χ3v) is 8.53. The van der Waals surface area contributed by atoms with Gasteiger partial charge in [-0.15, -0.1) is 0 Å². The molecule has 0 fully saturated rings. The minimum absolute atomic E-state index is 0.192. The second-order valence-electron chi connectivity index (χ2n) is 7.03. The van der Waals surface area contributed by atoms with Crippen molar-refractivity contribution in [3.05, 3.63) is 57.3 Å². The monoisotopic (exact) mass is 523 g/mol. The second-order valence-corrected chi connectivity index (χ2v) is 10.9. The Labute approximate surface area is 195 Å². The van der Waals surface area contributed by atoms with Crippen molar-refractivity contribution in [2.24, 2.45) is 4.99 Å². The molecular formula is C22H26BrN3O3S2. The molecule has 0 aliphatic heterocycles. The minimum atomic E-state index is -3.57. The summed E-state index contributed by atoms with van der Waals surface area (Å²) in [6.45, 7) is 7.46. The lowest BCUT2D eigenvalue weighted by atomic mass is 10.2. The van der Waals surface area contributed by atoms with Gasteiger partial charge in [0, 0.05) is 29.7 Å². The SMILES string of the molecule is CCCCN(CC)S(=O)(=O)c1ccc(C(=O)N=c2sc3cc(Br)ccc3n2CC)cc1. The minimum Gasteiger partial charge on any atom is -0.317 e. The van der Waals surface area contributed by atoms with Crippen LogP contribution in [0.15, 0.2) is 56.8 Å². The van der Waals surface area contributed by atoms with Crippen LogP contribution in [0.2, 0.25) is 0 Å². The number of carbonyl (C=O) groups is 1. The summed E-state index contributed by atoms with van der Waals surface area (Å²) in [5, 5.41) is 0. The van der Waals surface area contributed by atoms with E-state index in [1.807, 2.05) is 43.5 Å². The van der Waals surface area contributed by atoms with E-state index in [0.29, 0.717) is 30.0 Å². The Morgan fingerprint density at radius 3 is 2.45 bits per heavy atom. The van der Waals surface area contributed by atoms with Crippen LogP contribution in [0.4, 0.5) is 0 Å². The number of unbranched alkanes of at least 4 members (excludes halogenated alkanes) is 1. The topological polar surface area (TPSA) is 71.7 Å². The van der Waals surface area contributed by atoms with Crippen molar-refractivity contribution in [1.29, 1.82) is 0 Å². The van der Waals surface area contributed by atoms with Crippen LogP contribution in [0.3, 0.4) is 0 Å². The van der Waals surface area contributed by atoms with Crippen LogP contribution in [0.25, 0.3) is 10.2 Å². The predicted octanol–water partition coefficient (Wildman–Crippen LogP) is 5.04. The van der Waals surface area contributed by atoms with Gasteiger partial charge in [-0.25, -0.2) is 8.42 Å². The lowest BCUT2D eigenvalue weighted by molar-refractivity contribution is 0.0997. The summed E-state index contributed by atoms with van der Waals surface area (Å²) in [6.07, 6.45) is 1.74. The second kappa shape index (κ2) is 10.2. The molecule has 0 spiro atoms. The molecule has 0 unspecified atom stereocenters. The van der Waals surface area contributed by atoms with E-state index < -0.39 is 15.9 Å². The first-order valence-corrected chi connectivity index (χ1v) is 13.3. The number of amides is 1. The summed E-state index contributed by atoms with van der Waals surface area (Å²) < 4.78 is 31.2. The highest BCUT2D eigenvalue weighted by Crippen LogP contribution is 2.22. The number of thiazole rings is 1. The standard InChI is InChI=1S/C22H26BrN3O3S2/c1-4-7-14-25(5-2)31(28,29)18-11-8-16(9-12-18)21(27)24-22-26(6-3)19-13-10-17(23)15-20(19)30-22/h8-13,15H,4-7,14H2,1-3H3. The van der Waals surface area contributed by atoms with E-state index in [2.05, 4.69) is 20.9 Å². The van der Waals surface area contributed by atoms with Crippen molar-refractivity contribution in [3.8, 4) is 0 Å². The molecule has 2 aromatic carbocycles. The molecule has 0 atom stereocenters. The Morgan fingerprint density at radius 2 is 1.84 bits per heavy atom. The average molecular weight is 525 g/mol. The number of hydrogen-bond donors (Lipinski definition) is 0. The fraction of sp³-hybridized carbons (Fsp3) is 0.364. The molecule has 0 radical (unpaired) electrons. The summed E-state index contributed by atoms with van der Waals surface area (Å²) >= 11 is 4.93. The van der Waals surface area contributed by atoms with Gasteiger partial charge in [0.1, 0.15) is 0 Å². The van der Waals surface area contributed by atoms with Crippen LogP contribution in [0, 0.1) is 0 Å². The van der Waals surface area contributed by atoms with Crippen molar-refractivity contribution < 1.29 is 13.2 Å². The molecule has 1 aromatic heterocycles. The molecule has 3 rings (SSSR count). The number of fused-ring (bicyclic) bond motifs is 1. The van der Waals surface area contributed by atoms with Gasteiger partial charge in [-0.3, -0.25) is 4.79 Å². The molecule has 166 valence electrons. The summed E-state index contributed by atoms with van der Waals surface area (Å²) in [5.41, 5.74) is 1.38. The number of carbonyl (C=O) groups excluding carboxylic acids is 1. The van der Waals surface area contributed by atoms with Gasteiger partial charge in [-0.1, -0.05) is 47.5 Å². The Balaban J connectivity index is 1.91. The first kappa shape index (κ1) is 23.8. The number of rotatable bonds is 8. The predicted molar refractivity (Wildman–Crippen MR) is 129 cm³/mol. The van der Waals surface area contributed by atoms with Crippen molar-refractivity contribution in [3.63, 3.8) is 0 Å². The van der Waals surface area contributed by atoms with Crippen LogP contribution in [-0.4, -0.2) is 36.3 Å². The Morgan fingerprint density at radius 1 is 1.13 bits per heavy atom. The van der Waals surface area contributed by atoms with Gasteiger partial charge in [0.2, 0.25) is 10.0 Å². The fourth-order valence-electron chi connectivity index (χ4n) is 3.29. The van der Waals surface area contributed by atoms with Gasteiger partial charge < -0.3 is 4.57 Å². The van der Waals surface area contributed by atoms with Gasteiger partial charge in [-0.2, -0.15) is 9.30 Å². The van der Waals surface area contributed by atoms with Gasteiger partial charge in [0.25, 0.3) is 5.91 Å². The van der Waals surface area contributed by atoms with Crippen LogP contribution < -0.4 is 4.80 Å². The molecule has 0 saturated carbocycles. The lowest BCUT2D eigenvalue weighted by Crippen LogP contribution is -2.31. The number of hydrogen-bond acceptors (Lipinski definition) is 4. The molecule has 9 heteroatoms. The van der Waals surface area contributed by atoms with Crippen molar-refractivity contribution in [2.75, 3.05) is 13.1 Å². The molecule has 1 amide bonds. The molecule has 1 heterocycles. The maximum Gasteiger partial charge on any atom is 0.279 e. The van der Waals surface area contributed by atoms with E-state index in [0.717, 1.165) is 27.5 Å². The molecule has 0 bridgehead atoms. The van der Waals surface area contributed by atoms with Gasteiger partial charge >= 0.3 is 0 Å². The molecule has 0 N–H and O–H groups in total. The Hall–Kier alpha value is -1.81. The maximum atomic E-state index is 12.9. The highest BCUT2D eigenvalue weighted by Gasteiger charge is 2.22. The van der Waals surface area contributed by atoms with Crippen LogP contribution in [0.1, 0.15) is 44.0 Å². The summed E-state index contributed by atoms with van der Waals surface area (Å²) in [6, 6.07) is 12.0. The first-order valence-electron chi connectivity index (χ1n) is 10.3. The van der Waals surface area contributed by atoms with Gasteiger partial charge in [0.15, 0.2) is 4.80 Å². The molecule has 0 aliphatic carbocycles. The zero-order valence-electron chi connectivity index (χ0n) is 17.8. The Bertz CT molecular complexity index is 1250. The Kier molecular flexibility index (Phi) is 7.85. The number of sulfonamides is 1. The van der Waals surface area contributed by atoms with E-state index in [1.165, 1.54) is 39.9 Å². The van der Waals surface area contributed by atoms with Gasteiger partial charge in [-0.05, 0) is 55.8 Å². The van der Waals surface area contributed by atoms with Crippen molar-refractivity contribution in [2.45, 2.75) is 45.1 Å². The molecule has 31 heavy (non-hydrogen) atoms. The van der Waals surface area contributed by atoms with Crippen molar-refractivity contribution in [1.82, 2.24) is 8.87 Å². The van der Waals surface area contributed by atoms with E-state index in [-0.39, 0.29) is 4.90 Å². The number of benzene rings is 2. The lowest BCUT2D eigenvalue weighted by Gasteiger charge is -2.20. The first-order chi connectivity index (χ1) is 14.8. The van der Waals surface area contributed by atoms with Crippen LogP contribution in [0.5, 0.6) is 0 Å². The molecule has 6 nitrogen and oxygen atoms in total. The summed E-state index contributed by atoms with van der Waals surface area (Å²) in [5.74, 6) is -0.393. The molecule has 0 saturated heterocycles. The third kappa shape index (κ3) is 5.16. The van der Waals surface area contributed by atoms with E-state index in [9.17, 15) is 13.2 Å². The quantitative estimate of drug-likeness (QED) is 0.415. The van der Waals surface area contributed by atoms with E-state index in [4.69, 9.17) is 0 Å². The number of aromatic nitrogens is 1. The molecule has 3 aromatic rings. The largest absolute Gasteiger partial charge is 0.317 e. The molecular weight excluding hydrogens is 498 g/mol. The van der Waals surface area contributed by atoms with E-state index in [1.54, 1.807) is 0 Å². The number of halogens is 1. The van der Waals surface area contributed by atoms with Gasteiger partial charge in [0.05, 0.1) is 15.1 Å². The number of nitrogens with zero attached hydrogens (tertiary/aromatic N) is 3. The summed E-state index contributed by atoms with van der Waals surface area (Å²) in [7, 11) is -3.57.